The third-order valence-corrected chi connectivity index (χ3v) is 5.01. The smallest absolute Gasteiger partial charge is 0.386 e. The molecule has 0 fully saturated rings. The Morgan fingerprint density at radius 1 is 0.567 bits per heavy atom. The average molecular weight is 444 g/mol. The van der Waals surface area contributed by atoms with Gasteiger partial charge in [-0.3, -0.25) is 0 Å². The lowest BCUT2D eigenvalue weighted by molar-refractivity contribution is -0.289. The highest BCUT2D eigenvalue weighted by molar-refractivity contribution is 7.49. The predicted octanol–water partition coefficient (Wildman–Crippen LogP) is 6.99. The SMILES string of the molecule is O=P(Oc1ccccc1)(Oc1ccccc1)Oc1ccc(C(F)(F)C(F)(F)F)cc1. The van der Waals surface area contributed by atoms with Crippen LogP contribution in [-0.4, -0.2) is 6.18 Å². The second-order valence-corrected chi connectivity index (χ2v) is 7.39. The maximum Gasteiger partial charge on any atom is 0.647 e. The van der Waals surface area contributed by atoms with E-state index in [1.54, 1.807) is 36.4 Å². The summed E-state index contributed by atoms with van der Waals surface area (Å²) in [6.45, 7) is 0. The van der Waals surface area contributed by atoms with Crippen LogP contribution in [0.1, 0.15) is 5.56 Å². The molecule has 4 nitrogen and oxygen atoms in total. The number of hydrogen-bond donors (Lipinski definition) is 0. The molecule has 0 unspecified atom stereocenters. The molecule has 3 aromatic rings. The molecule has 0 saturated carbocycles. The Morgan fingerprint density at radius 2 is 0.933 bits per heavy atom. The molecule has 0 saturated heterocycles. The fourth-order valence-corrected chi connectivity index (χ4v) is 3.55. The zero-order valence-corrected chi connectivity index (χ0v) is 15.9. The molecule has 158 valence electrons. The number of para-hydroxylation sites is 2. The van der Waals surface area contributed by atoms with Gasteiger partial charge >= 0.3 is 19.9 Å². The van der Waals surface area contributed by atoms with Gasteiger partial charge in [-0.05, 0) is 48.5 Å². The zero-order chi connectivity index (χ0) is 21.8. The van der Waals surface area contributed by atoms with Crippen LogP contribution >= 0.6 is 7.82 Å². The zero-order valence-electron chi connectivity index (χ0n) is 15.1. The van der Waals surface area contributed by atoms with Crippen molar-refractivity contribution in [3.05, 3.63) is 90.5 Å². The van der Waals surface area contributed by atoms with Crippen molar-refractivity contribution < 1.29 is 40.1 Å². The molecule has 0 aromatic heterocycles. The summed E-state index contributed by atoms with van der Waals surface area (Å²) >= 11 is 0. The van der Waals surface area contributed by atoms with Gasteiger partial charge in [0.2, 0.25) is 0 Å². The van der Waals surface area contributed by atoms with Gasteiger partial charge in [0.1, 0.15) is 17.2 Å². The van der Waals surface area contributed by atoms with Gasteiger partial charge in [-0.15, -0.1) is 0 Å². The molecular formula is C20H14F5O4P. The van der Waals surface area contributed by atoms with Crippen LogP contribution in [0.15, 0.2) is 84.9 Å². The van der Waals surface area contributed by atoms with Gasteiger partial charge in [0.15, 0.2) is 0 Å². The number of hydrogen-bond acceptors (Lipinski definition) is 4. The Morgan fingerprint density at radius 3 is 1.30 bits per heavy atom. The Bertz CT molecular complexity index is 963. The van der Waals surface area contributed by atoms with E-state index in [0.29, 0.717) is 12.1 Å². The van der Waals surface area contributed by atoms with E-state index < -0.39 is 25.5 Å². The summed E-state index contributed by atoms with van der Waals surface area (Å²) in [4.78, 5) is 0. The van der Waals surface area contributed by atoms with Crippen LogP contribution in [0.25, 0.3) is 0 Å². The van der Waals surface area contributed by atoms with Crippen LogP contribution in [0, 0.1) is 0 Å². The molecule has 0 bridgehead atoms. The molecule has 3 aromatic carbocycles. The molecule has 3 rings (SSSR count). The predicted molar refractivity (Wildman–Crippen MR) is 98.8 cm³/mol. The Balaban J connectivity index is 1.86. The summed E-state index contributed by atoms with van der Waals surface area (Å²) in [5, 5.41) is 0. The van der Waals surface area contributed by atoms with Gasteiger partial charge in [-0.1, -0.05) is 36.4 Å². The molecule has 0 N–H and O–H groups in total. The number of halogens is 5. The molecule has 0 amide bonds. The summed E-state index contributed by atoms with van der Waals surface area (Å²) < 4.78 is 93.5. The normalized spacial score (nSPS) is 12.3. The van der Waals surface area contributed by atoms with Crippen molar-refractivity contribution >= 4 is 7.82 Å². The molecule has 0 radical (unpaired) electrons. The summed E-state index contributed by atoms with van der Waals surface area (Å²) in [6, 6.07) is 18.4. The molecular weight excluding hydrogens is 430 g/mol. The van der Waals surface area contributed by atoms with Crippen molar-refractivity contribution in [1.82, 2.24) is 0 Å². The largest absolute Gasteiger partial charge is 0.647 e. The van der Waals surface area contributed by atoms with E-state index >= 15 is 0 Å². The topological polar surface area (TPSA) is 44.8 Å². The number of phosphoric ester groups is 1. The third-order valence-electron chi connectivity index (χ3n) is 3.71. The number of rotatable bonds is 7. The third kappa shape index (κ3) is 5.10. The highest BCUT2D eigenvalue weighted by Crippen LogP contribution is 2.50. The van der Waals surface area contributed by atoms with Crippen LogP contribution < -0.4 is 13.6 Å². The van der Waals surface area contributed by atoms with Crippen molar-refractivity contribution in [2.45, 2.75) is 12.1 Å². The highest BCUT2D eigenvalue weighted by Gasteiger charge is 2.58. The van der Waals surface area contributed by atoms with Crippen molar-refractivity contribution in [2.24, 2.45) is 0 Å². The number of benzene rings is 3. The quantitative estimate of drug-likeness (QED) is 0.291. The van der Waals surface area contributed by atoms with Crippen molar-refractivity contribution in [2.75, 3.05) is 0 Å². The first-order valence-electron chi connectivity index (χ1n) is 8.43. The number of phosphoric acid groups is 1. The Labute approximate surface area is 168 Å². The first-order valence-corrected chi connectivity index (χ1v) is 9.89. The molecule has 0 aliphatic carbocycles. The lowest BCUT2D eigenvalue weighted by Gasteiger charge is -2.21. The van der Waals surface area contributed by atoms with E-state index in [9.17, 15) is 26.5 Å². The molecule has 0 heterocycles. The maximum absolute atomic E-state index is 13.4. The fraction of sp³-hybridized carbons (Fsp3) is 0.100. The van der Waals surface area contributed by atoms with Gasteiger partial charge in [0.05, 0.1) is 0 Å². The lowest BCUT2D eigenvalue weighted by Crippen LogP contribution is -2.33. The van der Waals surface area contributed by atoms with Crippen molar-refractivity contribution in [3.63, 3.8) is 0 Å². The fourth-order valence-electron chi connectivity index (χ4n) is 2.29. The molecule has 0 spiro atoms. The summed E-state index contributed by atoms with van der Waals surface area (Å²) in [6.07, 6.45) is -5.75. The Kier molecular flexibility index (Phi) is 6.03. The molecule has 0 aliphatic heterocycles. The molecule has 0 aliphatic rings. The van der Waals surface area contributed by atoms with E-state index in [-0.39, 0.29) is 17.2 Å². The Hall–Kier alpha value is -3.06. The van der Waals surface area contributed by atoms with Crippen molar-refractivity contribution in [1.29, 1.82) is 0 Å². The van der Waals surface area contributed by atoms with E-state index in [1.807, 2.05) is 0 Å². The standard InChI is InChI=1S/C20H14F5O4P/c21-19(22,20(23,24)25)15-11-13-18(14-12-15)29-30(26,27-16-7-3-1-4-8-16)28-17-9-5-2-6-10-17/h1-14H. The van der Waals surface area contributed by atoms with Gasteiger partial charge in [-0.2, -0.15) is 26.5 Å². The maximum atomic E-state index is 13.4. The van der Waals surface area contributed by atoms with Crippen LogP contribution in [0.2, 0.25) is 0 Å². The van der Waals surface area contributed by atoms with Gasteiger partial charge in [0.25, 0.3) is 0 Å². The molecule has 10 heteroatoms. The molecule has 0 atom stereocenters. The van der Waals surface area contributed by atoms with Gasteiger partial charge in [0, 0.05) is 5.56 Å². The average Bonchev–Trinajstić information content (AvgIpc) is 2.69. The first-order chi connectivity index (χ1) is 14.1. The first kappa shape index (κ1) is 21.6. The summed E-state index contributed by atoms with van der Waals surface area (Å²) in [5.74, 6) is -5.06. The monoisotopic (exact) mass is 444 g/mol. The van der Waals surface area contributed by atoms with E-state index in [4.69, 9.17) is 13.6 Å². The van der Waals surface area contributed by atoms with E-state index in [1.165, 1.54) is 24.3 Å². The second-order valence-electron chi connectivity index (χ2n) is 5.94. The van der Waals surface area contributed by atoms with Crippen molar-refractivity contribution in [3.8, 4) is 17.2 Å². The lowest BCUT2D eigenvalue weighted by atomic mass is 10.1. The van der Waals surface area contributed by atoms with Crippen LogP contribution in [-0.2, 0) is 10.5 Å². The van der Waals surface area contributed by atoms with Crippen LogP contribution in [0.5, 0.6) is 17.2 Å². The van der Waals surface area contributed by atoms with Crippen LogP contribution in [0.3, 0.4) is 0 Å². The minimum Gasteiger partial charge on any atom is -0.386 e. The van der Waals surface area contributed by atoms with E-state index in [0.717, 1.165) is 12.1 Å². The van der Waals surface area contributed by atoms with Crippen LogP contribution in [0.4, 0.5) is 22.0 Å². The van der Waals surface area contributed by atoms with E-state index in [2.05, 4.69) is 0 Å². The minimum atomic E-state index is -5.75. The minimum absolute atomic E-state index is 0.136. The molecule has 30 heavy (non-hydrogen) atoms. The highest BCUT2D eigenvalue weighted by atomic mass is 31.2. The van der Waals surface area contributed by atoms with Gasteiger partial charge in [-0.25, -0.2) is 0 Å². The summed E-state index contributed by atoms with van der Waals surface area (Å²) in [5.41, 5.74) is -1.29. The number of alkyl halides is 5. The summed E-state index contributed by atoms with van der Waals surface area (Å²) in [7, 11) is -4.38. The second kappa shape index (κ2) is 8.36. The van der Waals surface area contributed by atoms with Gasteiger partial charge < -0.3 is 13.6 Å².